The van der Waals surface area contributed by atoms with Crippen LogP contribution in [-0.4, -0.2) is 5.11 Å². The van der Waals surface area contributed by atoms with Crippen molar-refractivity contribution in [1.29, 1.82) is 0 Å². The largest absolute Gasteiger partial charge is 0.485 e. The Morgan fingerprint density at radius 2 is 1.09 bits per heavy atom. The molecular formula is C40H34O5. The van der Waals surface area contributed by atoms with E-state index in [1.807, 2.05) is 133 Å². The zero-order chi connectivity index (χ0) is 30.4. The Kier molecular flexibility index (Phi) is 8.34. The summed E-state index contributed by atoms with van der Waals surface area (Å²) in [4.78, 5) is 0. The van der Waals surface area contributed by atoms with Gasteiger partial charge in [-0.15, -0.1) is 0 Å². The summed E-state index contributed by atoms with van der Waals surface area (Å²) in [7, 11) is 0. The first kappa shape index (κ1) is 28.5. The van der Waals surface area contributed by atoms with Crippen molar-refractivity contribution in [2.75, 3.05) is 0 Å². The van der Waals surface area contributed by atoms with Crippen molar-refractivity contribution >= 4 is 10.8 Å². The Bertz CT molecular complexity index is 1810. The Hall–Kier alpha value is -5.26. The van der Waals surface area contributed by atoms with Crippen molar-refractivity contribution in [2.45, 2.75) is 38.4 Å². The average Bonchev–Trinajstić information content (AvgIpc) is 3.10. The molecule has 7 rings (SSSR count). The topological polar surface area (TPSA) is 57.2 Å². The molecule has 0 radical (unpaired) electrons. The van der Waals surface area contributed by atoms with Gasteiger partial charge in [-0.2, -0.15) is 0 Å². The summed E-state index contributed by atoms with van der Waals surface area (Å²) in [6.45, 7) is 1.05. The number of aliphatic hydroxyl groups is 1. The molecular weight excluding hydrogens is 560 g/mol. The van der Waals surface area contributed by atoms with Crippen molar-refractivity contribution < 1.29 is 24.1 Å². The summed E-state index contributed by atoms with van der Waals surface area (Å²) >= 11 is 0. The first-order valence-corrected chi connectivity index (χ1v) is 15.3. The maximum Gasteiger partial charge on any atom is 0.203 e. The second-order valence-corrected chi connectivity index (χ2v) is 11.2. The Labute approximate surface area is 263 Å². The number of hydrogen-bond donors (Lipinski definition) is 1. The van der Waals surface area contributed by atoms with Crippen LogP contribution in [-0.2, 0) is 19.8 Å². The van der Waals surface area contributed by atoms with Crippen LogP contribution < -0.4 is 18.9 Å². The van der Waals surface area contributed by atoms with E-state index in [2.05, 4.69) is 6.07 Å². The average molecular weight is 595 g/mol. The van der Waals surface area contributed by atoms with Gasteiger partial charge in [-0.3, -0.25) is 0 Å². The zero-order valence-corrected chi connectivity index (χ0v) is 24.8. The lowest BCUT2D eigenvalue weighted by atomic mass is 9.92. The number of ether oxygens (including phenoxy) is 4. The second-order valence-electron chi connectivity index (χ2n) is 11.2. The smallest absolute Gasteiger partial charge is 0.203 e. The van der Waals surface area contributed by atoms with E-state index in [9.17, 15) is 5.11 Å². The molecule has 5 nitrogen and oxygen atoms in total. The quantitative estimate of drug-likeness (QED) is 0.171. The highest BCUT2D eigenvalue weighted by Crippen LogP contribution is 2.48. The molecule has 1 N–H and O–H groups in total. The van der Waals surface area contributed by atoms with Crippen LogP contribution in [0.1, 0.15) is 46.4 Å². The van der Waals surface area contributed by atoms with Gasteiger partial charge in [-0.25, -0.2) is 0 Å². The van der Waals surface area contributed by atoms with E-state index in [1.165, 1.54) is 0 Å². The van der Waals surface area contributed by atoms with Crippen LogP contribution >= 0.6 is 0 Å². The molecule has 0 fully saturated rings. The third-order valence-electron chi connectivity index (χ3n) is 8.08. The van der Waals surface area contributed by atoms with E-state index in [4.69, 9.17) is 18.9 Å². The van der Waals surface area contributed by atoms with Gasteiger partial charge in [0.2, 0.25) is 5.75 Å². The highest BCUT2D eigenvalue weighted by molar-refractivity contribution is 5.90. The Balaban J connectivity index is 1.28. The van der Waals surface area contributed by atoms with E-state index in [0.29, 0.717) is 49.2 Å². The molecule has 5 heteroatoms. The van der Waals surface area contributed by atoms with Gasteiger partial charge in [-0.05, 0) is 34.2 Å². The minimum Gasteiger partial charge on any atom is -0.485 e. The van der Waals surface area contributed by atoms with Crippen LogP contribution in [0.3, 0.4) is 0 Å². The molecule has 0 saturated carbocycles. The monoisotopic (exact) mass is 594 g/mol. The predicted molar refractivity (Wildman–Crippen MR) is 176 cm³/mol. The Morgan fingerprint density at radius 1 is 0.578 bits per heavy atom. The molecule has 1 aliphatic heterocycles. The van der Waals surface area contributed by atoms with Crippen molar-refractivity contribution in [3.05, 3.63) is 167 Å². The molecule has 0 spiro atoms. The van der Waals surface area contributed by atoms with Crippen LogP contribution in [0.4, 0.5) is 0 Å². The van der Waals surface area contributed by atoms with Crippen LogP contribution in [0.25, 0.3) is 10.8 Å². The summed E-state index contributed by atoms with van der Waals surface area (Å²) in [5.41, 5.74) is 4.74. The molecule has 0 bridgehead atoms. The Morgan fingerprint density at radius 3 is 1.67 bits per heavy atom. The fourth-order valence-electron chi connectivity index (χ4n) is 5.72. The standard InChI is InChI=1S/C40H34O5/c41-35-24-36(45-39-33-19-11-10-18-31(33)20-21-34(35)39)32-22-37(42-25-28-12-4-1-5-13-28)40(44-27-30-16-8-3-9-17-30)38(23-32)43-26-29-14-6-2-7-15-29/h1-23,35-36,41H,24-27H2. The molecule has 0 aromatic heterocycles. The number of fused-ring (bicyclic) bond motifs is 3. The fraction of sp³-hybridized carbons (Fsp3) is 0.150. The molecule has 224 valence electrons. The van der Waals surface area contributed by atoms with Gasteiger partial charge >= 0.3 is 0 Å². The van der Waals surface area contributed by atoms with Gasteiger partial charge in [0.25, 0.3) is 0 Å². The molecule has 6 aromatic rings. The summed E-state index contributed by atoms with van der Waals surface area (Å²) in [5.74, 6) is 2.34. The van der Waals surface area contributed by atoms with Gasteiger partial charge in [0.1, 0.15) is 31.7 Å². The van der Waals surface area contributed by atoms with Crippen LogP contribution in [0, 0.1) is 0 Å². The molecule has 45 heavy (non-hydrogen) atoms. The van der Waals surface area contributed by atoms with Gasteiger partial charge in [-0.1, -0.05) is 127 Å². The number of rotatable bonds is 10. The lowest BCUT2D eigenvalue weighted by molar-refractivity contribution is 0.0668. The molecule has 1 heterocycles. The van der Waals surface area contributed by atoms with E-state index in [0.717, 1.165) is 38.6 Å². The van der Waals surface area contributed by atoms with E-state index in [1.54, 1.807) is 0 Å². The summed E-state index contributed by atoms with van der Waals surface area (Å²) in [6, 6.07) is 46.1. The normalized spacial score (nSPS) is 15.6. The molecule has 6 aromatic carbocycles. The third kappa shape index (κ3) is 6.49. The molecule has 1 aliphatic rings. The predicted octanol–water partition coefficient (Wildman–Crippen LogP) is 9.13. The van der Waals surface area contributed by atoms with Crippen LogP contribution in [0.15, 0.2) is 140 Å². The van der Waals surface area contributed by atoms with Crippen LogP contribution in [0.5, 0.6) is 23.0 Å². The van der Waals surface area contributed by atoms with Crippen LogP contribution in [0.2, 0.25) is 0 Å². The summed E-state index contributed by atoms with van der Waals surface area (Å²) in [5, 5.41) is 13.3. The van der Waals surface area contributed by atoms with E-state index >= 15 is 0 Å². The molecule has 2 unspecified atom stereocenters. The molecule has 2 atom stereocenters. The lowest BCUT2D eigenvalue weighted by Crippen LogP contribution is -2.19. The number of aliphatic hydroxyl groups excluding tert-OH is 1. The molecule has 0 saturated heterocycles. The highest BCUT2D eigenvalue weighted by Gasteiger charge is 2.31. The number of benzene rings is 6. The number of hydrogen-bond acceptors (Lipinski definition) is 5. The van der Waals surface area contributed by atoms with Crippen molar-refractivity contribution in [3.8, 4) is 23.0 Å². The fourth-order valence-corrected chi connectivity index (χ4v) is 5.72. The van der Waals surface area contributed by atoms with Gasteiger partial charge in [0.15, 0.2) is 11.5 Å². The van der Waals surface area contributed by atoms with E-state index < -0.39 is 12.2 Å². The summed E-state index contributed by atoms with van der Waals surface area (Å²) in [6.07, 6.45) is -0.717. The minimum atomic E-state index is -0.681. The zero-order valence-electron chi connectivity index (χ0n) is 24.8. The maximum absolute atomic E-state index is 11.3. The maximum atomic E-state index is 11.3. The first-order valence-electron chi connectivity index (χ1n) is 15.3. The molecule has 0 amide bonds. The minimum absolute atomic E-state index is 0.349. The summed E-state index contributed by atoms with van der Waals surface area (Å²) < 4.78 is 26.1. The van der Waals surface area contributed by atoms with Gasteiger partial charge in [0.05, 0.1) is 6.10 Å². The van der Waals surface area contributed by atoms with Crippen molar-refractivity contribution in [1.82, 2.24) is 0 Å². The third-order valence-corrected chi connectivity index (χ3v) is 8.08. The van der Waals surface area contributed by atoms with Gasteiger partial charge < -0.3 is 24.1 Å². The van der Waals surface area contributed by atoms with Crippen molar-refractivity contribution in [2.24, 2.45) is 0 Å². The highest BCUT2D eigenvalue weighted by atomic mass is 16.5. The SMILES string of the molecule is OC1CC(c2cc(OCc3ccccc3)c(OCc3ccccc3)c(OCc3ccccc3)c2)Oc2c1ccc1ccccc21. The first-order chi connectivity index (χ1) is 22.2. The van der Waals surface area contributed by atoms with E-state index in [-0.39, 0.29) is 0 Å². The molecule has 0 aliphatic carbocycles. The lowest BCUT2D eigenvalue weighted by Gasteiger charge is -2.31. The van der Waals surface area contributed by atoms with Gasteiger partial charge in [0, 0.05) is 22.9 Å². The second kappa shape index (κ2) is 13.2. The van der Waals surface area contributed by atoms with Crippen molar-refractivity contribution in [3.63, 3.8) is 0 Å².